The number of tetrazole rings is 1. The van der Waals surface area contributed by atoms with Crippen molar-refractivity contribution < 1.29 is 14.3 Å². The minimum Gasteiger partial charge on any atom is -0.377 e. The van der Waals surface area contributed by atoms with Gasteiger partial charge in [-0.3, -0.25) is 9.59 Å². The topological polar surface area (TPSA) is 116 Å². The third-order valence-corrected chi connectivity index (χ3v) is 3.37. The number of primary amides is 1. The summed E-state index contributed by atoms with van der Waals surface area (Å²) in [6.07, 6.45) is 1.70. The number of amides is 2. The third-order valence-electron chi connectivity index (χ3n) is 3.37. The minimum absolute atomic E-state index is 0.0838. The average Bonchev–Trinajstić information content (AvgIpc) is 2.94. The van der Waals surface area contributed by atoms with Gasteiger partial charge < -0.3 is 15.4 Å². The van der Waals surface area contributed by atoms with E-state index in [1.807, 2.05) is 0 Å². The van der Waals surface area contributed by atoms with Gasteiger partial charge in [-0.05, 0) is 22.6 Å². The molecule has 1 fully saturated rings. The van der Waals surface area contributed by atoms with Crippen molar-refractivity contribution in [2.24, 2.45) is 5.73 Å². The van der Waals surface area contributed by atoms with Crippen LogP contribution in [-0.2, 0) is 9.53 Å². The van der Waals surface area contributed by atoms with Crippen molar-refractivity contribution >= 4 is 17.5 Å². The fourth-order valence-corrected chi connectivity index (χ4v) is 2.36. The SMILES string of the molecule is NC(=O)C[C@H]1COCCN1C(=O)c1ccn2nnnc2c1. The molecule has 2 amide bonds. The molecule has 0 bridgehead atoms. The lowest BCUT2D eigenvalue weighted by molar-refractivity contribution is -0.120. The maximum atomic E-state index is 12.6. The van der Waals surface area contributed by atoms with E-state index in [0.29, 0.717) is 31.0 Å². The molecule has 0 spiro atoms. The molecule has 21 heavy (non-hydrogen) atoms. The number of nitrogens with zero attached hydrogens (tertiary/aromatic N) is 5. The monoisotopic (exact) mass is 290 g/mol. The molecular formula is C12H14N6O3. The number of morpholine rings is 1. The molecule has 2 N–H and O–H groups in total. The summed E-state index contributed by atoms with van der Waals surface area (Å²) in [7, 11) is 0. The van der Waals surface area contributed by atoms with Gasteiger partial charge in [-0.1, -0.05) is 0 Å². The van der Waals surface area contributed by atoms with Crippen molar-refractivity contribution in [3.63, 3.8) is 0 Å². The zero-order valence-electron chi connectivity index (χ0n) is 11.2. The molecule has 1 aliphatic rings. The second-order valence-electron chi connectivity index (χ2n) is 4.79. The maximum Gasteiger partial charge on any atom is 0.254 e. The van der Waals surface area contributed by atoms with Crippen LogP contribution in [-0.4, -0.2) is 62.6 Å². The summed E-state index contributed by atoms with van der Waals surface area (Å²) in [5.41, 5.74) is 6.18. The molecule has 1 saturated heterocycles. The molecule has 110 valence electrons. The first kappa shape index (κ1) is 13.4. The number of rotatable bonds is 3. The smallest absolute Gasteiger partial charge is 0.254 e. The molecule has 0 radical (unpaired) electrons. The maximum absolute atomic E-state index is 12.6. The second-order valence-corrected chi connectivity index (χ2v) is 4.79. The Morgan fingerprint density at radius 3 is 3.14 bits per heavy atom. The van der Waals surface area contributed by atoms with Gasteiger partial charge in [0, 0.05) is 24.7 Å². The van der Waals surface area contributed by atoms with Crippen LogP contribution in [0.1, 0.15) is 16.8 Å². The Morgan fingerprint density at radius 2 is 2.33 bits per heavy atom. The quantitative estimate of drug-likeness (QED) is 0.762. The van der Waals surface area contributed by atoms with Crippen molar-refractivity contribution in [3.8, 4) is 0 Å². The number of fused-ring (bicyclic) bond motifs is 1. The molecule has 0 saturated carbocycles. The fraction of sp³-hybridized carbons (Fsp3) is 0.417. The summed E-state index contributed by atoms with van der Waals surface area (Å²) in [6, 6.07) is 2.91. The molecule has 9 nitrogen and oxygen atoms in total. The van der Waals surface area contributed by atoms with E-state index < -0.39 is 5.91 Å². The van der Waals surface area contributed by atoms with Crippen molar-refractivity contribution in [1.29, 1.82) is 0 Å². The first-order valence-corrected chi connectivity index (χ1v) is 6.50. The number of carbonyl (C=O) groups is 2. The van der Waals surface area contributed by atoms with E-state index in [9.17, 15) is 9.59 Å². The predicted molar refractivity (Wildman–Crippen MR) is 70.2 cm³/mol. The highest BCUT2D eigenvalue weighted by molar-refractivity contribution is 5.95. The molecule has 2 aromatic heterocycles. The van der Waals surface area contributed by atoms with E-state index in [1.165, 1.54) is 4.52 Å². The number of nitrogens with two attached hydrogens (primary N) is 1. The van der Waals surface area contributed by atoms with Crippen molar-refractivity contribution in [3.05, 3.63) is 23.9 Å². The highest BCUT2D eigenvalue weighted by Crippen LogP contribution is 2.15. The fourth-order valence-electron chi connectivity index (χ4n) is 2.36. The van der Waals surface area contributed by atoms with Crippen molar-refractivity contribution in [2.45, 2.75) is 12.5 Å². The van der Waals surface area contributed by atoms with Crippen molar-refractivity contribution in [2.75, 3.05) is 19.8 Å². The molecule has 9 heteroatoms. The highest BCUT2D eigenvalue weighted by atomic mass is 16.5. The predicted octanol–water partition coefficient (Wildman–Crippen LogP) is -1.16. The van der Waals surface area contributed by atoms with E-state index in [-0.39, 0.29) is 18.4 Å². The summed E-state index contributed by atoms with van der Waals surface area (Å²) < 4.78 is 6.79. The molecular weight excluding hydrogens is 276 g/mol. The summed E-state index contributed by atoms with van der Waals surface area (Å²) in [5, 5.41) is 11.1. The van der Waals surface area contributed by atoms with E-state index in [1.54, 1.807) is 23.2 Å². The van der Waals surface area contributed by atoms with E-state index in [4.69, 9.17) is 10.5 Å². The Bertz CT molecular complexity index is 684. The Labute approximate surface area is 119 Å². The largest absolute Gasteiger partial charge is 0.377 e. The lowest BCUT2D eigenvalue weighted by atomic mass is 10.1. The van der Waals surface area contributed by atoms with Gasteiger partial charge in [-0.25, -0.2) is 4.52 Å². The average molecular weight is 290 g/mol. The first-order valence-electron chi connectivity index (χ1n) is 6.50. The van der Waals surface area contributed by atoms with Gasteiger partial charge in [-0.2, -0.15) is 0 Å². The minimum atomic E-state index is -0.458. The van der Waals surface area contributed by atoms with Crippen LogP contribution in [0.15, 0.2) is 18.3 Å². The lowest BCUT2D eigenvalue weighted by Crippen LogP contribution is -2.50. The molecule has 1 atom stereocenters. The Hall–Kier alpha value is -2.55. The zero-order chi connectivity index (χ0) is 14.8. The number of ether oxygens (including phenoxy) is 1. The molecule has 0 aromatic carbocycles. The Kier molecular flexibility index (Phi) is 3.48. The van der Waals surface area contributed by atoms with Crippen molar-refractivity contribution in [1.82, 2.24) is 24.9 Å². The van der Waals surface area contributed by atoms with E-state index >= 15 is 0 Å². The summed E-state index contributed by atoms with van der Waals surface area (Å²) in [6.45, 7) is 1.17. The van der Waals surface area contributed by atoms with E-state index in [2.05, 4.69) is 15.5 Å². The van der Waals surface area contributed by atoms with Crippen LogP contribution in [0.4, 0.5) is 0 Å². The van der Waals surface area contributed by atoms with Crippen LogP contribution >= 0.6 is 0 Å². The van der Waals surface area contributed by atoms with Crippen LogP contribution in [0.25, 0.3) is 5.65 Å². The van der Waals surface area contributed by atoms with Crippen LogP contribution in [0.2, 0.25) is 0 Å². The molecule has 1 aliphatic heterocycles. The normalized spacial score (nSPS) is 18.9. The van der Waals surface area contributed by atoms with Gasteiger partial charge in [0.2, 0.25) is 5.91 Å². The number of carbonyl (C=O) groups excluding carboxylic acids is 2. The zero-order valence-corrected chi connectivity index (χ0v) is 11.2. The van der Waals surface area contributed by atoms with Gasteiger partial charge in [0.1, 0.15) is 0 Å². The number of pyridine rings is 1. The molecule has 3 rings (SSSR count). The van der Waals surface area contributed by atoms with Crippen LogP contribution in [0, 0.1) is 0 Å². The van der Waals surface area contributed by atoms with Gasteiger partial charge in [0.25, 0.3) is 5.91 Å². The van der Waals surface area contributed by atoms with E-state index in [0.717, 1.165) is 0 Å². The first-order chi connectivity index (χ1) is 10.1. The van der Waals surface area contributed by atoms with Crippen LogP contribution in [0.5, 0.6) is 0 Å². The summed E-state index contributed by atoms with van der Waals surface area (Å²) in [4.78, 5) is 25.3. The molecule has 3 heterocycles. The van der Waals surface area contributed by atoms with Gasteiger partial charge in [0.15, 0.2) is 5.65 Å². The number of hydrogen-bond acceptors (Lipinski definition) is 6. The standard InChI is InChI=1S/C12H14N6O3/c13-10(19)6-9-7-21-4-3-17(9)12(20)8-1-2-18-11(5-8)14-15-16-18/h1-2,5,9H,3-4,6-7H2,(H2,13,19)/t9-/m0/s1. The van der Waals surface area contributed by atoms with Gasteiger partial charge in [-0.15, -0.1) is 5.10 Å². The Morgan fingerprint density at radius 1 is 1.48 bits per heavy atom. The molecule has 0 aliphatic carbocycles. The highest BCUT2D eigenvalue weighted by Gasteiger charge is 2.29. The molecule has 0 unspecified atom stereocenters. The Balaban J connectivity index is 1.85. The van der Waals surface area contributed by atoms with Crippen LogP contribution in [0.3, 0.4) is 0 Å². The lowest BCUT2D eigenvalue weighted by Gasteiger charge is -2.35. The van der Waals surface area contributed by atoms with Crippen LogP contribution < -0.4 is 5.73 Å². The molecule has 2 aromatic rings. The van der Waals surface area contributed by atoms with Gasteiger partial charge in [0.05, 0.1) is 19.3 Å². The number of hydrogen-bond donors (Lipinski definition) is 1. The summed E-state index contributed by atoms with van der Waals surface area (Å²) in [5.74, 6) is -0.643. The van der Waals surface area contributed by atoms with Gasteiger partial charge >= 0.3 is 0 Å². The summed E-state index contributed by atoms with van der Waals surface area (Å²) >= 11 is 0. The number of aromatic nitrogens is 4. The second kappa shape index (κ2) is 5.44. The third kappa shape index (κ3) is 2.68.